The Morgan fingerprint density at radius 2 is 1.64 bits per heavy atom. The average Bonchev–Trinajstić information content (AvgIpc) is 3.86. The molecule has 67 heavy (non-hydrogen) atoms. The number of aliphatic hydroxyl groups excluding tert-OH is 2. The summed E-state index contributed by atoms with van der Waals surface area (Å²) in [5.74, 6) is -1.14. The zero-order valence-electron chi connectivity index (χ0n) is 40.5. The van der Waals surface area contributed by atoms with Gasteiger partial charge in [-0.25, -0.2) is 4.98 Å². The molecule has 0 aliphatic heterocycles. The van der Waals surface area contributed by atoms with Crippen LogP contribution < -0.4 is 5.73 Å². The van der Waals surface area contributed by atoms with Gasteiger partial charge in [-0.15, -0.1) is 0 Å². The minimum absolute atomic E-state index is 0.0197. The Morgan fingerprint density at radius 1 is 0.881 bits per heavy atom. The Kier molecular flexibility index (Phi) is 17.0. The van der Waals surface area contributed by atoms with E-state index in [1.165, 1.54) is 30.9 Å². The molecular weight excluding hydrogens is 839 g/mol. The van der Waals surface area contributed by atoms with Gasteiger partial charge in [-0.1, -0.05) is 96.2 Å². The summed E-state index contributed by atoms with van der Waals surface area (Å²) in [7, 11) is 0. The number of rotatable bonds is 18. The van der Waals surface area contributed by atoms with E-state index >= 15 is 0 Å². The van der Waals surface area contributed by atoms with Crippen molar-refractivity contribution in [3.05, 3.63) is 106 Å². The quantitative estimate of drug-likeness (QED) is 0.0354. The zero-order chi connectivity index (χ0) is 47.8. The largest absolute Gasteiger partial charge is 0.508 e. The summed E-state index contributed by atoms with van der Waals surface area (Å²) in [6.07, 6.45) is 18.2. The van der Waals surface area contributed by atoms with Gasteiger partial charge >= 0.3 is 5.97 Å². The maximum atomic E-state index is 13.2. The van der Waals surface area contributed by atoms with Gasteiger partial charge in [-0.05, 0) is 153 Å². The normalized spacial score (nSPS) is 27.9. The van der Waals surface area contributed by atoms with Crippen molar-refractivity contribution in [2.75, 3.05) is 5.73 Å². The van der Waals surface area contributed by atoms with E-state index in [0.717, 1.165) is 72.2 Å². The maximum Gasteiger partial charge on any atom is 0.309 e. The Hall–Kier alpha value is -4.64. The minimum Gasteiger partial charge on any atom is -0.508 e. The molecule has 3 aliphatic rings. The van der Waals surface area contributed by atoms with E-state index in [1.807, 2.05) is 12.1 Å². The number of benzene rings is 2. The molecule has 2 saturated carbocycles. The highest BCUT2D eigenvalue weighted by Gasteiger charge is 2.51. The van der Waals surface area contributed by atoms with Gasteiger partial charge in [-0.2, -0.15) is 0 Å². The average molecular weight is 918 g/mol. The standard InChI is InChI=1S/C57H79N3O7/c1-5-7-8-11-36-16-19-42(51(63)29-36)12-9-10-13-43-20-21-45(48-28-39(26-38-23-25-59-53(58)30-38)34-57(48,67)24-22-50(62)54(43)56(65)66)49-31-40(6-2)55(60-49)47-32-44(61)33-52(64)46(47)27-37-14-17-41(18-15-37)35(3)4/h14-19,23,25,30-33,35-36,39,42-43,45,48,50-51,54,60-64,67H,5-13,20-22,24,26-29,34H2,1-4H3,(H2,58,59)(H,65,66). The van der Waals surface area contributed by atoms with E-state index in [-0.39, 0.29) is 60.0 Å². The summed E-state index contributed by atoms with van der Waals surface area (Å²) < 4.78 is 0. The van der Waals surface area contributed by atoms with Crippen LogP contribution in [0, 0.1) is 35.5 Å². The van der Waals surface area contributed by atoms with Crippen LogP contribution in [-0.4, -0.2) is 64.4 Å². The van der Waals surface area contributed by atoms with Crippen molar-refractivity contribution in [1.82, 2.24) is 9.97 Å². The van der Waals surface area contributed by atoms with Crippen LogP contribution in [0.1, 0.15) is 169 Å². The third-order valence-corrected chi connectivity index (χ3v) is 16.1. The van der Waals surface area contributed by atoms with Crippen molar-refractivity contribution in [2.45, 2.75) is 173 Å². The van der Waals surface area contributed by atoms with E-state index in [4.69, 9.17) is 5.73 Å². The van der Waals surface area contributed by atoms with Crippen LogP contribution in [-0.2, 0) is 24.1 Å². The Balaban J connectivity index is 1.20. The van der Waals surface area contributed by atoms with Crippen molar-refractivity contribution < 1.29 is 35.4 Å². The van der Waals surface area contributed by atoms with Crippen molar-refractivity contribution in [3.63, 3.8) is 0 Å². The molecule has 2 fully saturated rings. The number of hydrogen-bond donors (Lipinski definition) is 8. The number of nitrogens with one attached hydrogen (secondary N) is 1. The number of nitrogens with zero attached hydrogens (tertiary/aromatic N) is 1. The number of carboxylic acids is 1. The van der Waals surface area contributed by atoms with Gasteiger partial charge in [0.05, 0.1) is 23.7 Å². The fraction of sp³-hybridized carbons (Fsp3) is 0.579. The second kappa shape index (κ2) is 22.6. The first-order valence-electron chi connectivity index (χ1n) is 25.7. The first kappa shape index (κ1) is 50.2. The summed E-state index contributed by atoms with van der Waals surface area (Å²) in [4.78, 5) is 21.2. The smallest absolute Gasteiger partial charge is 0.309 e. The highest BCUT2D eigenvalue weighted by molar-refractivity contribution is 5.73. The number of aliphatic hydroxyl groups is 3. The fourth-order valence-electron chi connectivity index (χ4n) is 12.4. The predicted molar refractivity (Wildman–Crippen MR) is 267 cm³/mol. The Morgan fingerprint density at radius 3 is 2.34 bits per heavy atom. The van der Waals surface area contributed by atoms with Gasteiger partial charge < -0.3 is 41.4 Å². The lowest BCUT2D eigenvalue weighted by atomic mass is 9.69. The van der Waals surface area contributed by atoms with Crippen molar-refractivity contribution in [1.29, 1.82) is 0 Å². The number of aliphatic carboxylic acids is 1. The van der Waals surface area contributed by atoms with Gasteiger partial charge in [0.15, 0.2) is 0 Å². The van der Waals surface area contributed by atoms with Crippen molar-refractivity contribution >= 4 is 11.8 Å². The molecule has 4 aromatic rings. The van der Waals surface area contributed by atoms with E-state index in [1.54, 1.807) is 12.3 Å². The number of aryl methyl sites for hydroxylation is 1. The Bertz CT molecular complexity index is 2270. The van der Waals surface area contributed by atoms with E-state index in [2.05, 4.69) is 80.1 Å². The first-order chi connectivity index (χ1) is 32.2. The first-order valence-corrected chi connectivity index (χ1v) is 25.7. The molecule has 9 N–H and O–H groups in total. The number of hydrogen-bond acceptors (Lipinski definition) is 8. The topological polar surface area (TPSA) is 193 Å². The lowest BCUT2D eigenvalue weighted by Crippen LogP contribution is -2.42. The maximum absolute atomic E-state index is 13.2. The molecular formula is C57H79N3O7. The van der Waals surface area contributed by atoms with Crippen LogP contribution in [0.25, 0.3) is 11.3 Å². The number of fused-ring (bicyclic) bond motifs is 1. The second-order valence-electron chi connectivity index (χ2n) is 21.2. The number of aromatic nitrogens is 2. The van der Waals surface area contributed by atoms with E-state index in [0.29, 0.717) is 68.2 Å². The number of carboxylic acid groups (broad SMARTS) is 1. The number of allylic oxidation sites excluding steroid dienone is 1. The molecule has 10 nitrogen and oxygen atoms in total. The molecule has 7 rings (SSSR count). The highest BCUT2D eigenvalue weighted by Crippen LogP contribution is 2.54. The summed E-state index contributed by atoms with van der Waals surface area (Å²) in [5.41, 5.74) is 12.5. The predicted octanol–water partition coefficient (Wildman–Crippen LogP) is 11.4. The molecule has 2 aromatic carbocycles. The number of carbonyl (C=O) groups is 1. The van der Waals surface area contributed by atoms with Gasteiger partial charge in [-0.3, -0.25) is 4.79 Å². The van der Waals surface area contributed by atoms with E-state index in [9.17, 15) is 35.4 Å². The molecule has 10 heteroatoms. The summed E-state index contributed by atoms with van der Waals surface area (Å²) in [6.45, 7) is 8.64. The molecule has 2 heterocycles. The molecule has 0 radical (unpaired) electrons. The van der Waals surface area contributed by atoms with Gasteiger partial charge in [0.2, 0.25) is 0 Å². The Labute approximate surface area is 399 Å². The fourth-order valence-corrected chi connectivity index (χ4v) is 12.4. The number of H-pyrrole nitrogens is 1. The number of nitrogen functional groups attached to an aromatic ring is 1. The minimum atomic E-state index is -1.16. The number of unbranched alkanes of at least 4 members (excludes halogenated alkanes) is 3. The van der Waals surface area contributed by atoms with Crippen LogP contribution in [0.2, 0.25) is 0 Å². The number of phenolic OH excluding ortho intramolecular Hbond substituents is 2. The lowest BCUT2D eigenvalue weighted by molar-refractivity contribution is -0.150. The SMILES string of the molecule is CCCCCC1C=CC(CCCCC2CCC(c3cc(CC)c(-c4cc(O)cc(O)c4Cc4ccc(C(C)C)cc4)[nH]3)C3CC(Cc4ccnc(N)c4)CC3(O)CCC(O)C2C(=O)O)C(O)C1. The molecule has 3 aliphatic carbocycles. The number of aromatic hydroxyl groups is 2. The molecule has 364 valence electrons. The molecule has 0 spiro atoms. The van der Waals surface area contributed by atoms with Crippen molar-refractivity contribution in [2.24, 2.45) is 35.5 Å². The number of phenols is 2. The number of aromatic amines is 1. The van der Waals surface area contributed by atoms with E-state index < -0.39 is 23.6 Å². The van der Waals surface area contributed by atoms with Crippen LogP contribution in [0.4, 0.5) is 5.82 Å². The van der Waals surface area contributed by atoms with Gasteiger partial charge in [0.1, 0.15) is 17.3 Å². The third-order valence-electron chi connectivity index (χ3n) is 16.1. The second-order valence-corrected chi connectivity index (χ2v) is 21.2. The molecule has 0 bridgehead atoms. The monoisotopic (exact) mass is 918 g/mol. The van der Waals surface area contributed by atoms with Crippen LogP contribution >= 0.6 is 0 Å². The molecule has 10 unspecified atom stereocenters. The zero-order valence-corrected chi connectivity index (χ0v) is 40.5. The molecule has 10 atom stereocenters. The number of anilines is 1. The van der Waals surface area contributed by atoms with Crippen molar-refractivity contribution in [3.8, 4) is 22.8 Å². The summed E-state index contributed by atoms with van der Waals surface area (Å²) >= 11 is 0. The van der Waals surface area contributed by atoms with Crippen LogP contribution in [0.3, 0.4) is 0 Å². The highest BCUT2D eigenvalue weighted by atomic mass is 16.4. The van der Waals surface area contributed by atoms with Crippen LogP contribution in [0.15, 0.2) is 72.9 Å². The molecule has 0 amide bonds. The lowest BCUT2D eigenvalue weighted by Gasteiger charge is -2.40. The summed E-state index contributed by atoms with van der Waals surface area (Å²) in [5, 5.41) is 69.0. The van der Waals surface area contributed by atoms with Crippen LogP contribution in [0.5, 0.6) is 11.5 Å². The summed E-state index contributed by atoms with van der Waals surface area (Å²) in [6, 6.07) is 17.7. The number of pyridine rings is 1. The van der Waals surface area contributed by atoms with Gasteiger partial charge in [0, 0.05) is 53.0 Å². The third kappa shape index (κ3) is 12.3. The number of nitrogens with two attached hydrogens (primary N) is 1. The molecule has 2 aromatic heterocycles. The van der Waals surface area contributed by atoms with Gasteiger partial charge in [0.25, 0.3) is 0 Å². The molecule has 0 saturated heterocycles.